The van der Waals surface area contributed by atoms with Gasteiger partial charge in [-0.2, -0.15) is 0 Å². The Kier molecular flexibility index (Phi) is 2.08. The van der Waals surface area contributed by atoms with E-state index >= 15 is 0 Å². The van der Waals surface area contributed by atoms with Crippen molar-refractivity contribution in [2.24, 2.45) is 0 Å². The van der Waals surface area contributed by atoms with Gasteiger partial charge in [0, 0.05) is 6.04 Å². The van der Waals surface area contributed by atoms with Gasteiger partial charge in [0.15, 0.2) is 5.78 Å². The molecule has 1 unspecified atom stereocenters. The summed E-state index contributed by atoms with van der Waals surface area (Å²) >= 11 is 0. The molecule has 1 N–H and O–H groups in total. The molecule has 0 fully saturated rings. The first-order valence-electron chi connectivity index (χ1n) is 3.68. The maximum Gasteiger partial charge on any atom is 0.255 e. The molecule has 0 aromatic carbocycles. The van der Waals surface area contributed by atoms with Crippen LogP contribution in [0.15, 0.2) is 11.6 Å². The van der Waals surface area contributed by atoms with Gasteiger partial charge in [0.05, 0.1) is 5.57 Å². The van der Waals surface area contributed by atoms with Crippen molar-refractivity contribution in [2.45, 2.75) is 26.3 Å². The number of Topliss-reactive ketones (excluding diaryl/α,β-unsaturated/α-hetero) is 1. The Morgan fingerprint density at radius 3 is 2.64 bits per heavy atom. The Balaban J connectivity index is 2.79. The number of hydrogen-bond donors (Lipinski definition) is 1. The first kappa shape index (κ1) is 7.98. The van der Waals surface area contributed by atoms with Crippen LogP contribution < -0.4 is 5.32 Å². The molecule has 0 radical (unpaired) electrons. The molecule has 1 amide bonds. The first-order valence-corrected chi connectivity index (χ1v) is 3.68. The van der Waals surface area contributed by atoms with Crippen LogP contribution in [-0.2, 0) is 9.59 Å². The van der Waals surface area contributed by atoms with Gasteiger partial charge in [0.2, 0.25) is 0 Å². The third-order valence-electron chi connectivity index (χ3n) is 1.75. The fraction of sp³-hybridized carbons (Fsp3) is 0.500. The summed E-state index contributed by atoms with van der Waals surface area (Å²) in [5.41, 5.74) is 0.303. The van der Waals surface area contributed by atoms with Gasteiger partial charge in [-0.25, -0.2) is 0 Å². The molecule has 0 saturated heterocycles. The Morgan fingerprint density at radius 2 is 2.36 bits per heavy atom. The minimum absolute atomic E-state index is 0.0569. The van der Waals surface area contributed by atoms with Gasteiger partial charge in [0.1, 0.15) is 0 Å². The Labute approximate surface area is 65.5 Å². The zero-order valence-corrected chi connectivity index (χ0v) is 6.68. The van der Waals surface area contributed by atoms with Crippen LogP contribution in [0.4, 0.5) is 0 Å². The average molecular weight is 153 g/mol. The molecule has 1 heterocycles. The predicted octanol–water partition coefficient (Wildman–Crippen LogP) is 0.410. The second-order valence-electron chi connectivity index (χ2n) is 2.62. The maximum absolute atomic E-state index is 11.0. The van der Waals surface area contributed by atoms with E-state index in [9.17, 15) is 9.59 Å². The fourth-order valence-electron chi connectivity index (χ4n) is 1.06. The molecule has 1 rings (SSSR count). The van der Waals surface area contributed by atoms with E-state index in [1.807, 2.05) is 6.92 Å². The minimum atomic E-state index is -0.232. The molecule has 0 aliphatic carbocycles. The van der Waals surface area contributed by atoms with Gasteiger partial charge in [-0.05, 0) is 19.4 Å². The molecule has 11 heavy (non-hydrogen) atoms. The summed E-state index contributed by atoms with van der Waals surface area (Å²) in [5.74, 6) is -0.386. The smallest absolute Gasteiger partial charge is 0.255 e. The summed E-state index contributed by atoms with van der Waals surface area (Å²) in [5, 5.41) is 2.68. The lowest BCUT2D eigenvalue weighted by Gasteiger charge is -2.01. The average Bonchev–Trinajstić information content (AvgIpc) is 2.30. The predicted molar refractivity (Wildman–Crippen MR) is 41.0 cm³/mol. The number of carbonyl (C=O) groups is 2. The van der Waals surface area contributed by atoms with E-state index in [0.29, 0.717) is 5.57 Å². The molecular formula is C8H11NO2. The Bertz CT molecular complexity index is 230. The van der Waals surface area contributed by atoms with E-state index in [0.717, 1.165) is 6.42 Å². The normalized spacial score (nSPS) is 22.9. The number of hydrogen-bond acceptors (Lipinski definition) is 2. The van der Waals surface area contributed by atoms with Crippen LogP contribution in [0, 0.1) is 0 Å². The molecule has 0 saturated carbocycles. The second-order valence-corrected chi connectivity index (χ2v) is 2.62. The summed E-state index contributed by atoms with van der Waals surface area (Å²) in [7, 11) is 0. The van der Waals surface area contributed by atoms with Crippen LogP contribution in [0.5, 0.6) is 0 Å². The Hall–Kier alpha value is -1.12. The van der Waals surface area contributed by atoms with Crippen molar-refractivity contribution in [1.82, 2.24) is 5.32 Å². The summed E-state index contributed by atoms with van der Waals surface area (Å²) in [6.07, 6.45) is 2.53. The SMILES string of the molecule is CCC1C=C(C(C)=O)C(=O)N1. The first-order chi connectivity index (χ1) is 5.15. The molecule has 0 aromatic rings. The van der Waals surface area contributed by atoms with Gasteiger partial charge in [0.25, 0.3) is 5.91 Å². The fourth-order valence-corrected chi connectivity index (χ4v) is 1.06. The number of amides is 1. The monoisotopic (exact) mass is 153 g/mol. The maximum atomic E-state index is 11.0. The minimum Gasteiger partial charge on any atom is -0.346 e. The van der Waals surface area contributed by atoms with E-state index in [2.05, 4.69) is 5.32 Å². The highest BCUT2D eigenvalue weighted by Crippen LogP contribution is 2.09. The molecule has 1 atom stereocenters. The van der Waals surface area contributed by atoms with Crippen molar-refractivity contribution in [3.63, 3.8) is 0 Å². The molecule has 60 valence electrons. The summed E-state index contributed by atoms with van der Waals surface area (Å²) in [6, 6.07) is 0.0569. The summed E-state index contributed by atoms with van der Waals surface area (Å²) < 4.78 is 0. The van der Waals surface area contributed by atoms with Crippen molar-refractivity contribution >= 4 is 11.7 Å². The van der Waals surface area contributed by atoms with Gasteiger partial charge in [-0.3, -0.25) is 9.59 Å². The number of rotatable bonds is 2. The Morgan fingerprint density at radius 1 is 1.73 bits per heavy atom. The molecule has 0 bridgehead atoms. The number of nitrogens with one attached hydrogen (secondary N) is 1. The van der Waals surface area contributed by atoms with Crippen LogP contribution in [-0.4, -0.2) is 17.7 Å². The molecule has 1 aliphatic rings. The third-order valence-corrected chi connectivity index (χ3v) is 1.75. The molecule has 3 nitrogen and oxygen atoms in total. The third kappa shape index (κ3) is 1.48. The highest BCUT2D eigenvalue weighted by atomic mass is 16.2. The number of ketones is 1. The van der Waals surface area contributed by atoms with E-state index in [1.54, 1.807) is 6.08 Å². The zero-order valence-electron chi connectivity index (χ0n) is 6.68. The van der Waals surface area contributed by atoms with Crippen molar-refractivity contribution in [3.05, 3.63) is 11.6 Å². The van der Waals surface area contributed by atoms with E-state index in [-0.39, 0.29) is 17.7 Å². The van der Waals surface area contributed by atoms with Crippen LogP contribution in [0.1, 0.15) is 20.3 Å². The van der Waals surface area contributed by atoms with Crippen LogP contribution in [0.2, 0.25) is 0 Å². The van der Waals surface area contributed by atoms with Crippen molar-refractivity contribution < 1.29 is 9.59 Å². The highest BCUT2D eigenvalue weighted by Gasteiger charge is 2.23. The van der Waals surface area contributed by atoms with Crippen molar-refractivity contribution in [3.8, 4) is 0 Å². The largest absolute Gasteiger partial charge is 0.346 e. The zero-order chi connectivity index (χ0) is 8.43. The molecular weight excluding hydrogens is 142 g/mol. The number of carbonyl (C=O) groups excluding carboxylic acids is 2. The van der Waals surface area contributed by atoms with E-state index in [4.69, 9.17) is 0 Å². The highest BCUT2D eigenvalue weighted by molar-refractivity contribution is 6.20. The molecule has 3 heteroatoms. The van der Waals surface area contributed by atoms with Crippen molar-refractivity contribution in [2.75, 3.05) is 0 Å². The quantitative estimate of drug-likeness (QED) is 0.584. The van der Waals surface area contributed by atoms with Gasteiger partial charge >= 0.3 is 0 Å². The lowest BCUT2D eigenvalue weighted by molar-refractivity contribution is -0.121. The lowest BCUT2D eigenvalue weighted by Crippen LogP contribution is -2.27. The molecule has 0 spiro atoms. The standard InChI is InChI=1S/C8H11NO2/c1-3-6-4-7(5(2)10)8(11)9-6/h4,6H,3H2,1-2H3,(H,9,11). The lowest BCUT2D eigenvalue weighted by atomic mass is 10.1. The van der Waals surface area contributed by atoms with E-state index in [1.165, 1.54) is 6.92 Å². The van der Waals surface area contributed by atoms with Crippen LogP contribution >= 0.6 is 0 Å². The molecule has 0 aromatic heterocycles. The topological polar surface area (TPSA) is 46.2 Å². The summed E-state index contributed by atoms with van der Waals surface area (Å²) in [4.78, 5) is 21.8. The van der Waals surface area contributed by atoms with E-state index < -0.39 is 0 Å². The second kappa shape index (κ2) is 2.86. The molecule has 1 aliphatic heterocycles. The van der Waals surface area contributed by atoms with Gasteiger partial charge in [-0.15, -0.1) is 0 Å². The van der Waals surface area contributed by atoms with Crippen LogP contribution in [0.25, 0.3) is 0 Å². The van der Waals surface area contributed by atoms with Crippen molar-refractivity contribution in [1.29, 1.82) is 0 Å². The van der Waals surface area contributed by atoms with Crippen LogP contribution in [0.3, 0.4) is 0 Å². The van der Waals surface area contributed by atoms with Gasteiger partial charge < -0.3 is 5.32 Å². The van der Waals surface area contributed by atoms with Gasteiger partial charge in [-0.1, -0.05) is 6.92 Å². The summed E-state index contributed by atoms with van der Waals surface area (Å²) in [6.45, 7) is 3.37.